The van der Waals surface area contributed by atoms with Crippen LogP contribution in [0.1, 0.15) is 20.7 Å². The van der Waals surface area contributed by atoms with Crippen molar-refractivity contribution in [2.75, 3.05) is 40.4 Å². The second kappa shape index (κ2) is 8.65. The second-order valence-electron chi connectivity index (χ2n) is 6.40. The second-order valence-corrected chi connectivity index (χ2v) is 6.81. The summed E-state index contributed by atoms with van der Waals surface area (Å²) in [5.41, 5.74) is 0.330. The highest BCUT2D eigenvalue weighted by atomic mass is 35.5. The zero-order valence-electron chi connectivity index (χ0n) is 15.9. The van der Waals surface area contributed by atoms with E-state index in [-0.39, 0.29) is 29.6 Å². The van der Waals surface area contributed by atoms with Crippen LogP contribution in [0.2, 0.25) is 5.02 Å². The Hall–Kier alpha value is -2.87. The van der Waals surface area contributed by atoms with Crippen molar-refractivity contribution in [3.8, 4) is 11.5 Å². The number of rotatable bonds is 4. The molecule has 2 aromatic carbocycles. The van der Waals surface area contributed by atoms with Crippen LogP contribution >= 0.6 is 11.6 Å². The van der Waals surface area contributed by atoms with Gasteiger partial charge in [-0.2, -0.15) is 0 Å². The van der Waals surface area contributed by atoms with E-state index in [1.165, 1.54) is 19.1 Å². The first kappa shape index (κ1) is 20.9. The summed E-state index contributed by atoms with van der Waals surface area (Å²) in [7, 11) is 2.99. The minimum absolute atomic E-state index is 0.106. The van der Waals surface area contributed by atoms with E-state index in [4.69, 9.17) is 21.1 Å². The van der Waals surface area contributed by atoms with Crippen molar-refractivity contribution in [3.63, 3.8) is 0 Å². The molecule has 1 aliphatic rings. The fourth-order valence-electron chi connectivity index (χ4n) is 3.12. The van der Waals surface area contributed by atoms with Crippen LogP contribution in [0.25, 0.3) is 0 Å². The lowest BCUT2D eigenvalue weighted by molar-refractivity contribution is 0.0535. The van der Waals surface area contributed by atoms with Gasteiger partial charge in [-0.25, -0.2) is 8.78 Å². The Morgan fingerprint density at radius 3 is 2.00 bits per heavy atom. The standard InChI is InChI=1S/C20H19ClF2N2O4/c1-28-17-4-3-12(9-18(17)29-2)19(26)24-5-7-25(8-6-24)20(27)13-10-15(22)16(23)11-14(13)21/h3-4,9-11H,5-8H2,1-2H3. The van der Waals surface area contributed by atoms with E-state index in [1.54, 1.807) is 23.1 Å². The number of carbonyl (C=O) groups excluding carboxylic acids is 2. The summed E-state index contributed by atoms with van der Waals surface area (Å²) < 4.78 is 37.1. The predicted octanol–water partition coefficient (Wildman–Crippen LogP) is 3.23. The number of methoxy groups -OCH3 is 2. The normalized spacial score (nSPS) is 14.0. The SMILES string of the molecule is COc1ccc(C(=O)N2CCN(C(=O)c3cc(F)c(F)cc3Cl)CC2)cc1OC. The van der Waals surface area contributed by atoms with E-state index in [2.05, 4.69) is 0 Å². The molecular weight excluding hydrogens is 406 g/mol. The summed E-state index contributed by atoms with van der Waals surface area (Å²) in [6.45, 7) is 1.07. The third-order valence-corrected chi connectivity index (χ3v) is 5.04. The maximum absolute atomic E-state index is 13.5. The molecule has 0 unspecified atom stereocenters. The van der Waals surface area contributed by atoms with Crippen molar-refractivity contribution in [2.45, 2.75) is 0 Å². The summed E-state index contributed by atoms with van der Waals surface area (Å²) >= 11 is 5.89. The Kier molecular flexibility index (Phi) is 6.22. The molecule has 1 heterocycles. The molecule has 0 bridgehead atoms. The average Bonchev–Trinajstić information content (AvgIpc) is 2.74. The highest BCUT2D eigenvalue weighted by molar-refractivity contribution is 6.33. The Morgan fingerprint density at radius 1 is 0.862 bits per heavy atom. The molecule has 2 aromatic rings. The van der Waals surface area contributed by atoms with Crippen molar-refractivity contribution < 1.29 is 27.8 Å². The monoisotopic (exact) mass is 424 g/mol. The van der Waals surface area contributed by atoms with Gasteiger partial charge in [-0.05, 0) is 30.3 Å². The van der Waals surface area contributed by atoms with Gasteiger partial charge in [0, 0.05) is 31.7 Å². The van der Waals surface area contributed by atoms with Crippen LogP contribution in [0.15, 0.2) is 30.3 Å². The van der Waals surface area contributed by atoms with Crippen molar-refractivity contribution in [1.82, 2.24) is 9.80 Å². The van der Waals surface area contributed by atoms with E-state index in [1.807, 2.05) is 0 Å². The summed E-state index contributed by atoms with van der Waals surface area (Å²) in [4.78, 5) is 28.4. The van der Waals surface area contributed by atoms with Crippen LogP contribution in [0, 0.1) is 11.6 Å². The third-order valence-electron chi connectivity index (χ3n) is 4.72. The van der Waals surface area contributed by atoms with Gasteiger partial charge in [0.2, 0.25) is 0 Å². The molecule has 0 atom stereocenters. The van der Waals surface area contributed by atoms with Crippen LogP contribution in [0.4, 0.5) is 8.78 Å². The zero-order chi connectivity index (χ0) is 21.1. The first-order valence-corrected chi connectivity index (χ1v) is 9.18. The summed E-state index contributed by atoms with van der Waals surface area (Å²) in [5.74, 6) is -2.00. The van der Waals surface area contributed by atoms with Gasteiger partial charge in [-0.15, -0.1) is 0 Å². The lowest BCUT2D eigenvalue weighted by Crippen LogP contribution is -2.50. The van der Waals surface area contributed by atoms with Crippen LogP contribution in [0.5, 0.6) is 11.5 Å². The largest absolute Gasteiger partial charge is 0.493 e. The average molecular weight is 425 g/mol. The Labute approximate surface area is 171 Å². The summed E-state index contributed by atoms with van der Waals surface area (Å²) in [5, 5.41) is -0.155. The van der Waals surface area contributed by atoms with E-state index in [0.717, 1.165) is 12.1 Å². The molecule has 1 saturated heterocycles. The minimum Gasteiger partial charge on any atom is -0.493 e. The van der Waals surface area contributed by atoms with Crippen molar-refractivity contribution in [2.24, 2.45) is 0 Å². The van der Waals surface area contributed by atoms with Gasteiger partial charge in [0.25, 0.3) is 11.8 Å². The van der Waals surface area contributed by atoms with Crippen molar-refractivity contribution >= 4 is 23.4 Å². The Balaban J connectivity index is 1.68. The predicted molar refractivity (Wildman–Crippen MR) is 103 cm³/mol. The smallest absolute Gasteiger partial charge is 0.255 e. The van der Waals surface area contributed by atoms with Crippen LogP contribution < -0.4 is 9.47 Å². The minimum atomic E-state index is -1.14. The molecule has 9 heteroatoms. The molecular formula is C20H19ClF2N2O4. The first-order valence-electron chi connectivity index (χ1n) is 8.80. The molecule has 6 nitrogen and oxygen atoms in total. The maximum atomic E-state index is 13.5. The number of amides is 2. The number of hydrogen-bond donors (Lipinski definition) is 0. The number of carbonyl (C=O) groups is 2. The van der Waals surface area contributed by atoms with Gasteiger partial charge in [0.05, 0.1) is 24.8 Å². The molecule has 1 aliphatic heterocycles. The Bertz CT molecular complexity index is 946. The van der Waals surface area contributed by atoms with Gasteiger partial charge in [-0.3, -0.25) is 9.59 Å². The molecule has 29 heavy (non-hydrogen) atoms. The van der Waals surface area contributed by atoms with E-state index < -0.39 is 17.5 Å². The van der Waals surface area contributed by atoms with E-state index in [9.17, 15) is 18.4 Å². The third kappa shape index (κ3) is 4.27. The summed E-state index contributed by atoms with van der Waals surface area (Å²) in [6, 6.07) is 6.46. The lowest BCUT2D eigenvalue weighted by Gasteiger charge is -2.35. The Morgan fingerprint density at radius 2 is 1.41 bits per heavy atom. The van der Waals surface area contributed by atoms with E-state index >= 15 is 0 Å². The quantitative estimate of drug-likeness (QED) is 0.707. The maximum Gasteiger partial charge on any atom is 0.255 e. The van der Waals surface area contributed by atoms with Gasteiger partial charge >= 0.3 is 0 Å². The highest BCUT2D eigenvalue weighted by Crippen LogP contribution is 2.28. The van der Waals surface area contributed by atoms with Crippen LogP contribution in [0.3, 0.4) is 0 Å². The molecule has 154 valence electrons. The first-order chi connectivity index (χ1) is 13.8. The lowest BCUT2D eigenvalue weighted by atomic mass is 10.1. The molecule has 0 radical (unpaired) electrons. The topological polar surface area (TPSA) is 59.1 Å². The van der Waals surface area contributed by atoms with Gasteiger partial charge in [0.15, 0.2) is 23.1 Å². The molecule has 0 aromatic heterocycles. The van der Waals surface area contributed by atoms with Crippen LogP contribution in [-0.4, -0.2) is 62.0 Å². The van der Waals surface area contributed by atoms with Crippen molar-refractivity contribution in [3.05, 3.63) is 58.1 Å². The number of ether oxygens (including phenoxy) is 2. The molecule has 0 N–H and O–H groups in total. The number of halogens is 3. The number of nitrogens with zero attached hydrogens (tertiary/aromatic N) is 2. The van der Waals surface area contributed by atoms with Gasteiger partial charge in [0.1, 0.15) is 0 Å². The fourth-order valence-corrected chi connectivity index (χ4v) is 3.35. The number of hydrogen-bond acceptors (Lipinski definition) is 4. The number of benzene rings is 2. The molecule has 0 spiro atoms. The van der Waals surface area contributed by atoms with E-state index in [0.29, 0.717) is 30.2 Å². The highest BCUT2D eigenvalue weighted by Gasteiger charge is 2.27. The molecule has 3 rings (SSSR count). The molecule has 0 aliphatic carbocycles. The van der Waals surface area contributed by atoms with Gasteiger partial charge in [-0.1, -0.05) is 11.6 Å². The molecule has 1 fully saturated rings. The van der Waals surface area contributed by atoms with Crippen LogP contribution in [-0.2, 0) is 0 Å². The molecule has 0 saturated carbocycles. The zero-order valence-corrected chi connectivity index (χ0v) is 16.6. The number of piperazine rings is 1. The summed E-state index contributed by atoms with van der Waals surface area (Å²) in [6.07, 6.45) is 0. The molecule has 2 amide bonds. The van der Waals surface area contributed by atoms with Crippen molar-refractivity contribution in [1.29, 1.82) is 0 Å². The fraction of sp³-hybridized carbons (Fsp3) is 0.300. The van der Waals surface area contributed by atoms with Gasteiger partial charge < -0.3 is 19.3 Å².